The molecule has 90 valence electrons. The predicted octanol–water partition coefficient (Wildman–Crippen LogP) is -1.33. The first-order valence-electron chi connectivity index (χ1n) is 5.01. The highest BCUT2D eigenvalue weighted by Crippen LogP contribution is 2.01. The molecule has 0 aliphatic heterocycles. The van der Waals surface area contributed by atoms with Crippen molar-refractivity contribution >= 4 is 18.9 Å². The molecule has 1 aromatic carbocycles. The zero-order chi connectivity index (χ0) is 12.8. The smallest absolute Gasteiger partial charge is 0.426 e. The maximum atomic E-state index is 11.7. The van der Waals surface area contributed by atoms with Crippen LogP contribution in [0.3, 0.4) is 0 Å². The summed E-state index contributed by atoms with van der Waals surface area (Å²) in [6.45, 7) is 0. The molecule has 0 radical (unpaired) electrons. The standard InChI is InChI=1S/C10H13BN2O4/c12-9(14)6-8(11(16)17)13-10(15)7-4-2-1-3-5-7/h1-5,8,16-17H,6H2,(H2,12,14)(H,13,15). The Morgan fingerprint density at radius 1 is 1.29 bits per heavy atom. The highest BCUT2D eigenvalue weighted by atomic mass is 16.4. The van der Waals surface area contributed by atoms with Crippen LogP contribution in [-0.4, -0.2) is 34.9 Å². The molecule has 0 bridgehead atoms. The molecule has 0 fully saturated rings. The van der Waals surface area contributed by atoms with Crippen LogP contribution < -0.4 is 11.1 Å². The van der Waals surface area contributed by atoms with Gasteiger partial charge in [0.25, 0.3) is 5.91 Å². The molecule has 0 aromatic heterocycles. The summed E-state index contributed by atoms with van der Waals surface area (Å²) in [5, 5.41) is 20.3. The van der Waals surface area contributed by atoms with Gasteiger partial charge in [-0.3, -0.25) is 9.59 Å². The minimum atomic E-state index is -1.84. The second-order valence-corrected chi connectivity index (χ2v) is 3.53. The largest absolute Gasteiger partial charge is 0.476 e. The monoisotopic (exact) mass is 236 g/mol. The highest BCUT2D eigenvalue weighted by Gasteiger charge is 2.27. The van der Waals surface area contributed by atoms with Crippen molar-refractivity contribution < 1.29 is 19.6 Å². The fourth-order valence-corrected chi connectivity index (χ4v) is 1.29. The quantitative estimate of drug-likeness (QED) is 0.474. The third-order valence-electron chi connectivity index (χ3n) is 2.13. The van der Waals surface area contributed by atoms with Gasteiger partial charge in [0.2, 0.25) is 5.91 Å². The molecule has 1 unspecified atom stereocenters. The van der Waals surface area contributed by atoms with Gasteiger partial charge in [0.05, 0.1) is 5.94 Å². The van der Waals surface area contributed by atoms with Crippen molar-refractivity contribution in [1.29, 1.82) is 0 Å². The van der Waals surface area contributed by atoms with Gasteiger partial charge in [-0.2, -0.15) is 0 Å². The Labute approximate surface area is 98.6 Å². The summed E-state index contributed by atoms with van der Waals surface area (Å²) in [6.07, 6.45) is -0.337. The maximum Gasteiger partial charge on any atom is 0.476 e. The van der Waals surface area contributed by atoms with Gasteiger partial charge in [0.1, 0.15) is 0 Å². The van der Waals surface area contributed by atoms with Crippen molar-refractivity contribution in [3.05, 3.63) is 35.9 Å². The molecule has 1 rings (SSSR count). The Bertz CT molecular complexity index is 397. The minimum absolute atomic E-state index is 0.337. The molecule has 7 heteroatoms. The summed E-state index contributed by atoms with van der Waals surface area (Å²) in [4.78, 5) is 22.3. The van der Waals surface area contributed by atoms with Crippen molar-refractivity contribution in [2.24, 2.45) is 5.73 Å². The Hall–Kier alpha value is -1.86. The second-order valence-electron chi connectivity index (χ2n) is 3.53. The van der Waals surface area contributed by atoms with Crippen LogP contribution in [0.2, 0.25) is 0 Å². The number of hydrogen-bond donors (Lipinski definition) is 4. The molecule has 0 spiro atoms. The molecule has 1 aromatic rings. The van der Waals surface area contributed by atoms with Crippen LogP contribution in [0.5, 0.6) is 0 Å². The van der Waals surface area contributed by atoms with E-state index in [1.54, 1.807) is 30.3 Å². The second kappa shape index (κ2) is 6.02. The van der Waals surface area contributed by atoms with Gasteiger partial charge in [-0.25, -0.2) is 0 Å². The number of hydrogen-bond acceptors (Lipinski definition) is 4. The molecule has 17 heavy (non-hydrogen) atoms. The number of primary amides is 1. The molecule has 0 aliphatic carbocycles. The Morgan fingerprint density at radius 3 is 2.35 bits per heavy atom. The fraction of sp³-hybridized carbons (Fsp3) is 0.200. The van der Waals surface area contributed by atoms with E-state index in [4.69, 9.17) is 15.8 Å². The number of carbonyl (C=O) groups is 2. The van der Waals surface area contributed by atoms with Gasteiger partial charge >= 0.3 is 7.12 Å². The highest BCUT2D eigenvalue weighted by molar-refractivity contribution is 6.44. The van der Waals surface area contributed by atoms with Crippen molar-refractivity contribution in [2.45, 2.75) is 12.4 Å². The van der Waals surface area contributed by atoms with E-state index in [0.717, 1.165) is 0 Å². The van der Waals surface area contributed by atoms with E-state index in [2.05, 4.69) is 5.32 Å². The Kier molecular flexibility index (Phi) is 4.68. The number of amides is 2. The van der Waals surface area contributed by atoms with Crippen molar-refractivity contribution in [3.8, 4) is 0 Å². The van der Waals surface area contributed by atoms with Crippen molar-refractivity contribution in [1.82, 2.24) is 5.32 Å². The van der Waals surface area contributed by atoms with Crippen LogP contribution in [0.25, 0.3) is 0 Å². The van der Waals surface area contributed by atoms with Crippen LogP contribution in [0.15, 0.2) is 30.3 Å². The van der Waals surface area contributed by atoms with E-state index in [0.29, 0.717) is 5.56 Å². The van der Waals surface area contributed by atoms with E-state index in [1.807, 2.05) is 0 Å². The third kappa shape index (κ3) is 4.25. The van der Waals surface area contributed by atoms with E-state index < -0.39 is 24.9 Å². The van der Waals surface area contributed by atoms with Gasteiger partial charge in [-0.15, -0.1) is 0 Å². The number of carbonyl (C=O) groups excluding carboxylic acids is 2. The van der Waals surface area contributed by atoms with Crippen LogP contribution in [0.4, 0.5) is 0 Å². The van der Waals surface area contributed by atoms with E-state index in [-0.39, 0.29) is 6.42 Å². The van der Waals surface area contributed by atoms with Gasteiger partial charge in [0, 0.05) is 12.0 Å². The summed E-state index contributed by atoms with van der Waals surface area (Å²) < 4.78 is 0. The Morgan fingerprint density at radius 2 is 1.88 bits per heavy atom. The SMILES string of the molecule is NC(=O)CC(NC(=O)c1ccccc1)B(O)O. The van der Waals surface area contributed by atoms with Gasteiger partial charge in [0.15, 0.2) is 0 Å². The topological polar surface area (TPSA) is 113 Å². The van der Waals surface area contributed by atoms with Crippen LogP contribution in [-0.2, 0) is 4.79 Å². The summed E-state index contributed by atoms with van der Waals surface area (Å²) in [6, 6.07) is 8.24. The number of benzene rings is 1. The third-order valence-corrected chi connectivity index (χ3v) is 2.13. The Balaban J connectivity index is 2.68. The maximum absolute atomic E-state index is 11.7. The number of nitrogens with two attached hydrogens (primary N) is 1. The van der Waals surface area contributed by atoms with Crippen LogP contribution in [0, 0.1) is 0 Å². The first-order chi connectivity index (χ1) is 8.00. The zero-order valence-corrected chi connectivity index (χ0v) is 9.04. The van der Waals surface area contributed by atoms with E-state index >= 15 is 0 Å². The lowest BCUT2D eigenvalue weighted by Crippen LogP contribution is -2.48. The normalized spacial score (nSPS) is 11.6. The molecular formula is C10H13BN2O4. The first kappa shape index (κ1) is 13.2. The molecule has 0 heterocycles. The molecule has 5 N–H and O–H groups in total. The zero-order valence-electron chi connectivity index (χ0n) is 9.04. The molecule has 0 saturated carbocycles. The predicted molar refractivity (Wildman–Crippen MR) is 61.7 cm³/mol. The van der Waals surface area contributed by atoms with Crippen LogP contribution >= 0.6 is 0 Å². The lowest BCUT2D eigenvalue weighted by molar-refractivity contribution is -0.118. The fourth-order valence-electron chi connectivity index (χ4n) is 1.29. The summed E-state index contributed by atoms with van der Waals surface area (Å²) >= 11 is 0. The van der Waals surface area contributed by atoms with Gasteiger partial charge in [-0.05, 0) is 12.1 Å². The molecule has 0 saturated heterocycles. The molecule has 1 atom stereocenters. The number of rotatable bonds is 5. The number of nitrogens with one attached hydrogen (secondary N) is 1. The lowest BCUT2D eigenvalue weighted by atomic mass is 9.77. The van der Waals surface area contributed by atoms with E-state index in [9.17, 15) is 9.59 Å². The average Bonchev–Trinajstić information content (AvgIpc) is 2.28. The van der Waals surface area contributed by atoms with Crippen molar-refractivity contribution in [3.63, 3.8) is 0 Å². The summed E-state index contributed by atoms with van der Waals surface area (Å²) in [5.41, 5.74) is 5.30. The molecular weight excluding hydrogens is 223 g/mol. The van der Waals surface area contributed by atoms with E-state index in [1.165, 1.54) is 0 Å². The molecule has 2 amide bonds. The summed E-state index contributed by atoms with van der Waals surface area (Å²) in [5.74, 6) is -2.33. The first-order valence-corrected chi connectivity index (χ1v) is 5.01. The van der Waals surface area contributed by atoms with Crippen molar-refractivity contribution in [2.75, 3.05) is 0 Å². The minimum Gasteiger partial charge on any atom is -0.426 e. The molecule has 0 aliphatic rings. The average molecular weight is 236 g/mol. The van der Waals surface area contributed by atoms with Gasteiger partial charge < -0.3 is 21.1 Å². The molecule has 6 nitrogen and oxygen atoms in total. The van der Waals surface area contributed by atoms with Gasteiger partial charge in [-0.1, -0.05) is 18.2 Å². The lowest BCUT2D eigenvalue weighted by Gasteiger charge is -2.15. The van der Waals surface area contributed by atoms with Crippen LogP contribution in [0.1, 0.15) is 16.8 Å². The summed E-state index contributed by atoms with van der Waals surface area (Å²) in [7, 11) is -1.84.